The molecule has 2 saturated carbocycles. The SMILES string of the molecule is O=C(NC1CC1)c1cc[c]c(C2CC2)n1. The number of hydrogen-bond acceptors (Lipinski definition) is 2. The maximum atomic E-state index is 11.7. The first kappa shape index (κ1) is 8.89. The first-order chi connectivity index (χ1) is 7.33. The molecule has 1 N–H and O–H groups in total. The predicted molar refractivity (Wildman–Crippen MR) is 55.5 cm³/mol. The van der Waals surface area contributed by atoms with Gasteiger partial charge < -0.3 is 5.32 Å². The Hall–Kier alpha value is -1.38. The van der Waals surface area contributed by atoms with Crippen LogP contribution in [0.25, 0.3) is 0 Å². The highest BCUT2D eigenvalue weighted by atomic mass is 16.2. The molecule has 1 aromatic rings. The third-order valence-electron chi connectivity index (χ3n) is 2.82. The average molecular weight is 201 g/mol. The largest absolute Gasteiger partial charge is 0.348 e. The van der Waals surface area contributed by atoms with Crippen molar-refractivity contribution in [1.29, 1.82) is 0 Å². The fourth-order valence-corrected chi connectivity index (χ4v) is 1.58. The van der Waals surface area contributed by atoms with Crippen LogP contribution in [0, 0.1) is 6.07 Å². The number of pyridine rings is 1. The second kappa shape index (κ2) is 3.33. The number of nitrogens with zero attached hydrogens (tertiary/aromatic N) is 1. The van der Waals surface area contributed by atoms with Gasteiger partial charge in [0.1, 0.15) is 5.69 Å². The average Bonchev–Trinajstić information content (AvgIpc) is 3.12. The minimum Gasteiger partial charge on any atom is -0.348 e. The lowest BCUT2D eigenvalue weighted by atomic mass is 10.2. The van der Waals surface area contributed by atoms with E-state index in [4.69, 9.17) is 0 Å². The van der Waals surface area contributed by atoms with Gasteiger partial charge in [-0.2, -0.15) is 0 Å². The molecule has 0 saturated heterocycles. The summed E-state index contributed by atoms with van der Waals surface area (Å²) in [5.74, 6) is 0.520. The highest BCUT2D eigenvalue weighted by Gasteiger charge is 2.27. The van der Waals surface area contributed by atoms with E-state index in [1.54, 1.807) is 6.07 Å². The monoisotopic (exact) mass is 201 g/mol. The molecule has 2 aliphatic rings. The van der Waals surface area contributed by atoms with Gasteiger partial charge in [-0.1, -0.05) is 6.07 Å². The van der Waals surface area contributed by atoms with Crippen molar-refractivity contribution in [3.8, 4) is 0 Å². The fraction of sp³-hybridized carbons (Fsp3) is 0.500. The molecule has 2 fully saturated rings. The summed E-state index contributed by atoms with van der Waals surface area (Å²) in [7, 11) is 0. The Bertz CT molecular complexity index is 394. The number of rotatable bonds is 3. The van der Waals surface area contributed by atoms with Crippen LogP contribution in [-0.2, 0) is 0 Å². The van der Waals surface area contributed by atoms with E-state index in [2.05, 4.69) is 16.4 Å². The minimum absolute atomic E-state index is 0.0339. The zero-order chi connectivity index (χ0) is 10.3. The van der Waals surface area contributed by atoms with Gasteiger partial charge in [-0.25, -0.2) is 4.98 Å². The lowest BCUT2D eigenvalue weighted by molar-refractivity contribution is 0.0946. The van der Waals surface area contributed by atoms with Crippen LogP contribution in [0.5, 0.6) is 0 Å². The van der Waals surface area contributed by atoms with Crippen molar-refractivity contribution in [3.63, 3.8) is 0 Å². The highest BCUT2D eigenvalue weighted by Crippen LogP contribution is 2.38. The number of amides is 1. The molecule has 0 atom stereocenters. The molecule has 0 aliphatic heterocycles. The van der Waals surface area contributed by atoms with Gasteiger partial charge in [-0.15, -0.1) is 0 Å². The maximum Gasteiger partial charge on any atom is 0.270 e. The Balaban J connectivity index is 1.77. The van der Waals surface area contributed by atoms with E-state index < -0.39 is 0 Å². The van der Waals surface area contributed by atoms with Crippen LogP contribution in [0.3, 0.4) is 0 Å². The standard InChI is InChI=1S/C12H13N2O/c15-12(13-9-6-7-9)11-3-1-2-10(14-11)8-4-5-8/h1,3,8-9H,4-7H2,(H,13,15). The van der Waals surface area contributed by atoms with Crippen molar-refractivity contribution in [2.75, 3.05) is 0 Å². The molecule has 1 amide bonds. The van der Waals surface area contributed by atoms with Crippen LogP contribution in [0.4, 0.5) is 0 Å². The molecular weight excluding hydrogens is 188 g/mol. The van der Waals surface area contributed by atoms with Crippen molar-refractivity contribution in [3.05, 3.63) is 29.6 Å². The van der Waals surface area contributed by atoms with E-state index >= 15 is 0 Å². The van der Waals surface area contributed by atoms with Gasteiger partial charge in [0, 0.05) is 18.0 Å². The molecule has 1 radical (unpaired) electrons. The summed E-state index contributed by atoms with van der Waals surface area (Å²) in [6.45, 7) is 0. The summed E-state index contributed by atoms with van der Waals surface area (Å²) in [4.78, 5) is 16.1. The third-order valence-corrected chi connectivity index (χ3v) is 2.82. The number of hydrogen-bond donors (Lipinski definition) is 1. The summed E-state index contributed by atoms with van der Waals surface area (Å²) >= 11 is 0. The fourth-order valence-electron chi connectivity index (χ4n) is 1.58. The van der Waals surface area contributed by atoms with Crippen LogP contribution < -0.4 is 5.32 Å². The second-order valence-corrected chi connectivity index (χ2v) is 4.38. The van der Waals surface area contributed by atoms with E-state index in [-0.39, 0.29) is 5.91 Å². The van der Waals surface area contributed by atoms with Crippen LogP contribution >= 0.6 is 0 Å². The van der Waals surface area contributed by atoms with Crippen molar-refractivity contribution in [1.82, 2.24) is 10.3 Å². The zero-order valence-corrected chi connectivity index (χ0v) is 8.49. The van der Waals surface area contributed by atoms with Gasteiger partial charge in [0.05, 0.1) is 5.69 Å². The van der Waals surface area contributed by atoms with Crippen LogP contribution in [0.2, 0.25) is 0 Å². The lowest BCUT2D eigenvalue weighted by Gasteiger charge is -2.03. The Morgan fingerprint density at radius 1 is 1.40 bits per heavy atom. The number of nitrogens with one attached hydrogen (secondary N) is 1. The van der Waals surface area contributed by atoms with Crippen molar-refractivity contribution in [2.24, 2.45) is 0 Å². The van der Waals surface area contributed by atoms with E-state index in [1.807, 2.05) is 6.07 Å². The Morgan fingerprint density at radius 2 is 2.20 bits per heavy atom. The molecular formula is C12H13N2O. The van der Waals surface area contributed by atoms with Gasteiger partial charge in [-0.05, 0) is 31.7 Å². The number of carbonyl (C=O) groups excluding carboxylic acids is 1. The molecule has 3 rings (SSSR count). The van der Waals surface area contributed by atoms with E-state index in [1.165, 1.54) is 12.8 Å². The molecule has 0 unspecified atom stereocenters. The first-order valence-electron chi connectivity index (χ1n) is 5.52. The minimum atomic E-state index is -0.0339. The molecule has 0 aromatic carbocycles. The molecule has 1 aromatic heterocycles. The summed E-state index contributed by atoms with van der Waals surface area (Å²) in [5.41, 5.74) is 1.50. The number of aromatic nitrogens is 1. The summed E-state index contributed by atoms with van der Waals surface area (Å²) < 4.78 is 0. The predicted octanol–water partition coefficient (Wildman–Crippen LogP) is 1.65. The summed E-state index contributed by atoms with van der Waals surface area (Å²) in [5, 5.41) is 2.94. The first-order valence-corrected chi connectivity index (χ1v) is 5.52. The topological polar surface area (TPSA) is 42.0 Å². The molecule has 0 bridgehead atoms. The molecule has 15 heavy (non-hydrogen) atoms. The quantitative estimate of drug-likeness (QED) is 0.808. The Labute approximate surface area is 88.9 Å². The molecule has 77 valence electrons. The lowest BCUT2D eigenvalue weighted by Crippen LogP contribution is -2.26. The van der Waals surface area contributed by atoms with Crippen LogP contribution in [0.1, 0.15) is 47.8 Å². The van der Waals surface area contributed by atoms with Gasteiger partial charge in [0.2, 0.25) is 0 Å². The van der Waals surface area contributed by atoms with Gasteiger partial charge in [-0.3, -0.25) is 4.79 Å². The summed E-state index contributed by atoms with van der Waals surface area (Å²) in [6.07, 6.45) is 4.61. The Kier molecular flexibility index (Phi) is 1.97. The van der Waals surface area contributed by atoms with Gasteiger partial charge in [0.15, 0.2) is 0 Å². The summed E-state index contributed by atoms with van der Waals surface area (Å²) in [6, 6.07) is 7.05. The molecule has 0 spiro atoms. The maximum absolute atomic E-state index is 11.7. The van der Waals surface area contributed by atoms with E-state index in [9.17, 15) is 4.79 Å². The van der Waals surface area contributed by atoms with Crippen LogP contribution in [0.15, 0.2) is 12.1 Å². The van der Waals surface area contributed by atoms with Gasteiger partial charge in [0.25, 0.3) is 5.91 Å². The van der Waals surface area contributed by atoms with E-state index in [0.717, 1.165) is 18.5 Å². The highest BCUT2D eigenvalue weighted by molar-refractivity contribution is 5.92. The van der Waals surface area contributed by atoms with Crippen molar-refractivity contribution >= 4 is 5.91 Å². The number of carbonyl (C=O) groups is 1. The second-order valence-electron chi connectivity index (χ2n) is 4.38. The molecule has 3 nitrogen and oxygen atoms in total. The normalized spacial score (nSPS) is 20.0. The van der Waals surface area contributed by atoms with E-state index in [0.29, 0.717) is 17.7 Å². The van der Waals surface area contributed by atoms with Crippen molar-refractivity contribution in [2.45, 2.75) is 37.6 Å². The zero-order valence-electron chi connectivity index (χ0n) is 8.49. The van der Waals surface area contributed by atoms with Crippen LogP contribution in [-0.4, -0.2) is 16.9 Å². The Morgan fingerprint density at radius 3 is 2.87 bits per heavy atom. The van der Waals surface area contributed by atoms with Crippen molar-refractivity contribution < 1.29 is 4.79 Å². The smallest absolute Gasteiger partial charge is 0.270 e. The molecule has 1 heterocycles. The molecule has 3 heteroatoms. The third kappa shape index (κ3) is 2.01. The molecule has 2 aliphatic carbocycles. The van der Waals surface area contributed by atoms with Gasteiger partial charge >= 0.3 is 0 Å².